The summed E-state index contributed by atoms with van der Waals surface area (Å²) in [5.41, 5.74) is 0.199. The molecule has 3 aromatic carbocycles. The van der Waals surface area contributed by atoms with Crippen molar-refractivity contribution in [2.24, 2.45) is 5.92 Å². The van der Waals surface area contributed by atoms with Gasteiger partial charge in [-0.15, -0.1) is 0 Å². The normalized spacial score (nSPS) is 20.2. The number of hydrogen-bond acceptors (Lipinski definition) is 9. The number of benzene rings is 3. The van der Waals surface area contributed by atoms with Crippen LogP contribution in [0.15, 0.2) is 60.7 Å². The molecule has 3 heterocycles. The van der Waals surface area contributed by atoms with Crippen LogP contribution >= 0.6 is 12.2 Å². The fourth-order valence-electron chi connectivity index (χ4n) is 8.43. The van der Waals surface area contributed by atoms with Crippen LogP contribution in [0, 0.1) is 17.2 Å². The number of amides is 4. The van der Waals surface area contributed by atoms with E-state index >= 15 is 0 Å². The van der Waals surface area contributed by atoms with Gasteiger partial charge >= 0.3 is 6.18 Å². The van der Waals surface area contributed by atoms with Crippen LogP contribution in [0.3, 0.4) is 0 Å². The first kappa shape index (κ1) is 41.6. The molecule has 1 saturated carbocycles. The summed E-state index contributed by atoms with van der Waals surface area (Å²) >= 11 is 5.81. The van der Waals surface area contributed by atoms with E-state index in [0.717, 1.165) is 56.5 Å². The van der Waals surface area contributed by atoms with Crippen molar-refractivity contribution < 1.29 is 37.1 Å². The fourth-order valence-corrected chi connectivity index (χ4v) is 8.90. The zero-order valence-electron chi connectivity index (χ0n) is 32.9. The van der Waals surface area contributed by atoms with Crippen LogP contribution in [0.4, 0.5) is 35.9 Å². The number of alkyl halides is 3. The van der Waals surface area contributed by atoms with Gasteiger partial charge in [-0.1, -0.05) is 13.0 Å². The zero-order valence-corrected chi connectivity index (χ0v) is 33.7. The highest BCUT2D eigenvalue weighted by Crippen LogP contribution is 2.49. The quantitative estimate of drug-likeness (QED) is 0.130. The Bertz CT molecular complexity index is 2200. The van der Waals surface area contributed by atoms with Crippen molar-refractivity contribution >= 4 is 63.7 Å². The number of carbonyl (C=O) groups is 4. The number of piperidine rings is 2. The number of imide groups is 1. The van der Waals surface area contributed by atoms with Crippen molar-refractivity contribution in [1.82, 2.24) is 10.2 Å². The minimum Gasteiger partial charge on any atom is -0.493 e. The van der Waals surface area contributed by atoms with Crippen molar-refractivity contribution in [2.45, 2.75) is 95.4 Å². The smallest absolute Gasteiger partial charge is 0.417 e. The van der Waals surface area contributed by atoms with Gasteiger partial charge < -0.3 is 20.3 Å². The van der Waals surface area contributed by atoms with Crippen LogP contribution in [0.5, 0.6) is 5.75 Å². The summed E-state index contributed by atoms with van der Waals surface area (Å²) < 4.78 is 47.9. The molecule has 1 aliphatic carbocycles. The maximum atomic E-state index is 14.0. The van der Waals surface area contributed by atoms with Crippen LogP contribution in [0.2, 0.25) is 0 Å². The summed E-state index contributed by atoms with van der Waals surface area (Å²) in [6.07, 6.45) is 0.967. The Hall–Kier alpha value is -5.53. The summed E-state index contributed by atoms with van der Waals surface area (Å²) in [4.78, 5) is 56.0. The Labute approximate surface area is 346 Å². The molecule has 1 unspecified atom stereocenters. The number of nitrogens with one attached hydrogen (secondary N) is 3. The van der Waals surface area contributed by atoms with Crippen LogP contribution in [0.25, 0.3) is 0 Å². The second-order valence-electron chi connectivity index (χ2n) is 15.6. The molecule has 3 aliphatic heterocycles. The molecule has 1 spiro atoms. The number of likely N-dealkylation sites (tertiary alicyclic amines) is 1. The molecule has 7 rings (SSSR count). The van der Waals surface area contributed by atoms with E-state index in [4.69, 9.17) is 17.0 Å². The summed E-state index contributed by atoms with van der Waals surface area (Å²) in [5.74, 6) is -0.0135. The number of ether oxygens (including phenoxy) is 1. The monoisotopic (exact) mass is 829 g/mol. The number of halogens is 3. The maximum Gasteiger partial charge on any atom is 0.417 e. The lowest BCUT2D eigenvalue weighted by atomic mass is 9.75. The van der Waals surface area contributed by atoms with E-state index in [9.17, 15) is 37.6 Å². The first-order chi connectivity index (χ1) is 28.2. The molecule has 0 radical (unpaired) electrons. The highest BCUT2D eigenvalue weighted by Gasteiger charge is 2.59. The SMILES string of the molecule is CCc1cc(N2C(=S)N(c3ccc(C#N)c(C(F)(F)F)c3)C(=O)C23CCC3)ccc1OCCC1CCN([C@H](C)C(=O)Nc2cccc(NC3CCC(=O)NC3=O)c2)CC1. The topological polar surface area (TPSA) is 147 Å². The number of nitriles is 1. The molecule has 4 aliphatic rings. The molecule has 4 amide bonds. The summed E-state index contributed by atoms with van der Waals surface area (Å²) in [7, 11) is 0. The number of hydrogen-bond donors (Lipinski definition) is 3. The molecule has 310 valence electrons. The van der Waals surface area contributed by atoms with Gasteiger partial charge in [0.05, 0.1) is 35.5 Å². The molecule has 3 saturated heterocycles. The van der Waals surface area contributed by atoms with Crippen molar-refractivity contribution in [1.29, 1.82) is 5.26 Å². The largest absolute Gasteiger partial charge is 0.493 e. The van der Waals surface area contributed by atoms with Gasteiger partial charge in [-0.25, -0.2) is 0 Å². The number of rotatable bonds is 12. The van der Waals surface area contributed by atoms with Gasteiger partial charge in [0.1, 0.15) is 17.3 Å². The molecular weight excluding hydrogens is 784 g/mol. The lowest BCUT2D eigenvalue weighted by molar-refractivity contribution is -0.138. The number of thiocarbonyl (C=S) groups is 1. The van der Waals surface area contributed by atoms with Crippen molar-refractivity contribution in [3.05, 3.63) is 77.4 Å². The van der Waals surface area contributed by atoms with Crippen molar-refractivity contribution in [3.8, 4) is 11.8 Å². The molecule has 2 atom stereocenters. The van der Waals surface area contributed by atoms with E-state index in [1.807, 2.05) is 38.1 Å². The third-order valence-electron chi connectivity index (χ3n) is 12.0. The van der Waals surface area contributed by atoms with E-state index in [-0.39, 0.29) is 46.9 Å². The fraction of sp³-hybridized carbons (Fsp3) is 0.442. The summed E-state index contributed by atoms with van der Waals surface area (Å²) in [5, 5.41) is 17.9. The van der Waals surface area contributed by atoms with Gasteiger partial charge in [0.15, 0.2) is 5.11 Å². The Morgan fingerprint density at radius 1 is 1.03 bits per heavy atom. The number of nitrogens with zero attached hydrogens (tertiary/aromatic N) is 4. The predicted molar refractivity (Wildman–Crippen MR) is 220 cm³/mol. The maximum absolute atomic E-state index is 14.0. The first-order valence-electron chi connectivity index (χ1n) is 20.0. The predicted octanol–water partition coefficient (Wildman–Crippen LogP) is 6.93. The molecule has 16 heteroatoms. The zero-order chi connectivity index (χ0) is 42.1. The average molecular weight is 830 g/mol. The Kier molecular flexibility index (Phi) is 12.0. The minimum absolute atomic E-state index is 0.0248. The summed E-state index contributed by atoms with van der Waals surface area (Å²) in [6, 6.07) is 16.8. The Morgan fingerprint density at radius 3 is 2.42 bits per heavy atom. The lowest BCUT2D eigenvalue weighted by Gasteiger charge is -2.43. The van der Waals surface area contributed by atoms with Gasteiger partial charge in [-0.05, 0) is 150 Å². The highest BCUT2D eigenvalue weighted by molar-refractivity contribution is 7.81. The second-order valence-corrected chi connectivity index (χ2v) is 16.0. The third-order valence-corrected chi connectivity index (χ3v) is 12.4. The Balaban J connectivity index is 0.923. The van der Waals surface area contributed by atoms with Gasteiger partial charge in [0.25, 0.3) is 5.91 Å². The molecule has 3 N–H and O–H groups in total. The third kappa shape index (κ3) is 8.49. The lowest BCUT2D eigenvalue weighted by Crippen LogP contribution is -2.55. The average Bonchev–Trinajstić information content (AvgIpc) is 3.44. The number of anilines is 4. The van der Waals surface area contributed by atoms with Crippen LogP contribution < -0.4 is 30.5 Å². The molecule has 0 aromatic heterocycles. The van der Waals surface area contributed by atoms with Crippen LogP contribution in [-0.2, 0) is 31.8 Å². The number of aryl methyl sites for hydroxylation is 1. The van der Waals surface area contributed by atoms with Gasteiger partial charge in [-0.3, -0.25) is 34.3 Å². The number of carbonyl (C=O) groups excluding carboxylic acids is 4. The van der Waals surface area contributed by atoms with Crippen molar-refractivity contribution in [2.75, 3.05) is 40.1 Å². The minimum atomic E-state index is -4.78. The van der Waals surface area contributed by atoms with E-state index in [1.54, 1.807) is 29.2 Å². The molecule has 0 bridgehead atoms. The second kappa shape index (κ2) is 17.0. The molecule has 12 nitrogen and oxygen atoms in total. The van der Waals surface area contributed by atoms with Gasteiger partial charge in [0, 0.05) is 23.5 Å². The van der Waals surface area contributed by atoms with Crippen LogP contribution in [-0.4, -0.2) is 71.0 Å². The van der Waals surface area contributed by atoms with Crippen LogP contribution in [0.1, 0.15) is 81.9 Å². The highest BCUT2D eigenvalue weighted by atomic mass is 32.1. The van der Waals surface area contributed by atoms with Gasteiger partial charge in [0.2, 0.25) is 17.7 Å². The molecule has 3 aromatic rings. The van der Waals surface area contributed by atoms with Gasteiger partial charge in [-0.2, -0.15) is 18.4 Å². The van der Waals surface area contributed by atoms with Crippen molar-refractivity contribution in [3.63, 3.8) is 0 Å². The van der Waals surface area contributed by atoms with E-state index in [0.29, 0.717) is 61.0 Å². The summed E-state index contributed by atoms with van der Waals surface area (Å²) in [6.45, 7) is 5.92. The molecule has 4 fully saturated rings. The van der Waals surface area contributed by atoms with E-state index < -0.39 is 28.9 Å². The van der Waals surface area contributed by atoms with E-state index in [1.165, 1.54) is 11.0 Å². The first-order valence-corrected chi connectivity index (χ1v) is 20.4. The standard InChI is InChI=1S/C43H46F3N7O5S/c1-3-28-22-33(53-41(59)52(40(57)42(53)17-5-18-42)32-9-8-29(25-47)34(24-32)43(44,45)46)10-12-36(28)58-21-16-27-14-19-51(20-15-27)26(2)38(55)49-31-7-4-6-30(23-31)48-35-11-13-37(54)50-39(35)56/h4,6-10,12,22-24,26-27,35,48H,3,5,11,13-21H2,1-2H3,(H,49,55)(H,50,54,56)/t26-,35?/m1/s1. The van der Waals surface area contributed by atoms with E-state index in [2.05, 4.69) is 20.9 Å². The molecule has 59 heavy (non-hydrogen) atoms. The molecular formula is C43H46F3N7O5S. The Morgan fingerprint density at radius 2 is 1.76 bits per heavy atom.